The fourth-order valence-corrected chi connectivity index (χ4v) is 4.92. The van der Waals surface area contributed by atoms with Crippen LogP contribution in [0.15, 0.2) is 82.4 Å². The largest absolute Gasteiger partial charge is 0.343 e. The van der Waals surface area contributed by atoms with Crippen molar-refractivity contribution in [3.8, 4) is 0 Å². The van der Waals surface area contributed by atoms with E-state index in [1.807, 2.05) is 0 Å². The van der Waals surface area contributed by atoms with Crippen molar-refractivity contribution in [1.29, 1.82) is 0 Å². The average molecular weight is 547 g/mol. The number of anilines is 1. The van der Waals surface area contributed by atoms with Gasteiger partial charge in [0.25, 0.3) is 15.9 Å². The first kappa shape index (κ1) is 23.7. The summed E-state index contributed by atoms with van der Waals surface area (Å²) in [4.78, 5) is 21.1. The van der Waals surface area contributed by atoms with Gasteiger partial charge in [-0.1, -0.05) is 34.1 Å². The Bertz CT molecular complexity index is 1460. The number of carbonyl (C=O) groups is 1. The molecule has 0 aliphatic rings. The lowest BCUT2D eigenvalue weighted by Crippen LogP contribution is -2.30. The molecule has 1 aromatic heterocycles. The number of nitrogens with zero attached hydrogens (tertiary/aromatic N) is 2. The SMILES string of the molecule is O=C(N[C@H](CF)c1ccc(F)cc1)c1ccc(Br)cc1NS(=O)(=O)c1cccc2nccnc12. The zero-order valence-electron chi connectivity index (χ0n) is 17.4. The lowest BCUT2D eigenvalue weighted by Gasteiger charge is -2.18. The van der Waals surface area contributed by atoms with E-state index in [0.717, 1.165) is 12.1 Å². The predicted octanol–water partition coefficient (Wildman–Crippen LogP) is 4.77. The van der Waals surface area contributed by atoms with E-state index in [9.17, 15) is 22.0 Å². The number of halogens is 3. The number of aromatic nitrogens is 2. The normalized spacial score (nSPS) is 12.3. The van der Waals surface area contributed by atoms with Crippen LogP contribution in [-0.2, 0) is 10.0 Å². The summed E-state index contributed by atoms with van der Waals surface area (Å²) in [6.07, 6.45) is 2.83. The number of fused-ring (bicyclic) bond motifs is 1. The average Bonchev–Trinajstić information content (AvgIpc) is 2.82. The molecule has 1 atom stereocenters. The monoisotopic (exact) mass is 546 g/mol. The smallest absolute Gasteiger partial charge is 0.264 e. The van der Waals surface area contributed by atoms with E-state index in [1.54, 1.807) is 12.1 Å². The number of benzene rings is 3. The van der Waals surface area contributed by atoms with Gasteiger partial charge in [0.05, 0.1) is 22.8 Å². The van der Waals surface area contributed by atoms with Crippen LogP contribution in [-0.4, -0.2) is 31.0 Å². The number of sulfonamides is 1. The minimum Gasteiger partial charge on any atom is -0.343 e. The van der Waals surface area contributed by atoms with Crippen molar-refractivity contribution in [1.82, 2.24) is 15.3 Å². The topological polar surface area (TPSA) is 101 Å². The van der Waals surface area contributed by atoms with Crippen molar-refractivity contribution in [2.24, 2.45) is 0 Å². The Morgan fingerprint density at radius 1 is 1.03 bits per heavy atom. The van der Waals surface area contributed by atoms with E-state index in [4.69, 9.17) is 0 Å². The number of hydrogen-bond donors (Lipinski definition) is 2. The van der Waals surface area contributed by atoms with Gasteiger partial charge in [0.15, 0.2) is 0 Å². The third kappa shape index (κ3) is 5.05. The van der Waals surface area contributed by atoms with Gasteiger partial charge in [0, 0.05) is 16.9 Å². The Balaban J connectivity index is 1.67. The summed E-state index contributed by atoms with van der Waals surface area (Å²) in [5.41, 5.74) is 0.879. The van der Waals surface area contributed by atoms with Crippen molar-refractivity contribution in [3.05, 3.63) is 94.5 Å². The maximum absolute atomic E-state index is 13.7. The molecule has 0 fully saturated rings. The van der Waals surface area contributed by atoms with Crippen LogP contribution in [0.1, 0.15) is 22.0 Å². The van der Waals surface area contributed by atoms with E-state index < -0.39 is 34.5 Å². The third-order valence-corrected chi connectivity index (χ3v) is 6.84. The Hall–Kier alpha value is -3.44. The molecule has 7 nitrogen and oxygen atoms in total. The fourth-order valence-electron chi connectivity index (χ4n) is 3.32. The molecule has 0 aliphatic heterocycles. The minimum atomic E-state index is -4.17. The molecule has 0 spiro atoms. The van der Waals surface area contributed by atoms with Crippen LogP contribution >= 0.6 is 15.9 Å². The van der Waals surface area contributed by atoms with Crippen molar-refractivity contribution in [2.45, 2.75) is 10.9 Å². The predicted molar refractivity (Wildman–Crippen MR) is 127 cm³/mol. The molecule has 0 saturated carbocycles. The highest BCUT2D eigenvalue weighted by molar-refractivity contribution is 9.10. The Morgan fingerprint density at radius 2 is 1.76 bits per heavy atom. The molecule has 0 bridgehead atoms. The van der Waals surface area contributed by atoms with Crippen LogP contribution in [0.25, 0.3) is 11.0 Å². The van der Waals surface area contributed by atoms with Gasteiger partial charge in [-0.3, -0.25) is 19.5 Å². The van der Waals surface area contributed by atoms with Crippen LogP contribution in [0.2, 0.25) is 0 Å². The molecule has 34 heavy (non-hydrogen) atoms. The van der Waals surface area contributed by atoms with Crippen molar-refractivity contribution < 1.29 is 22.0 Å². The number of nitrogens with one attached hydrogen (secondary N) is 2. The summed E-state index contributed by atoms with van der Waals surface area (Å²) in [5, 5.41) is 2.52. The van der Waals surface area contributed by atoms with Crippen molar-refractivity contribution in [2.75, 3.05) is 11.4 Å². The lowest BCUT2D eigenvalue weighted by atomic mass is 10.1. The van der Waals surface area contributed by atoms with E-state index in [2.05, 4.69) is 35.9 Å². The van der Waals surface area contributed by atoms with Crippen LogP contribution in [0.5, 0.6) is 0 Å². The van der Waals surface area contributed by atoms with Gasteiger partial charge in [-0.2, -0.15) is 0 Å². The van der Waals surface area contributed by atoms with Gasteiger partial charge >= 0.3 is 0 Å². The van der Waals surface area contributed by atoms with E-state index in [-0.39, 0.29) is 21.7 Å². The zero-order chi connectivity index (χ0) is 24.3. The summed E-state index contributed by atoms with van der Waals surface area (Å²) in [6, 6.07) is 12.9. The maximum atomic E-state index is 13.7. The molecule has 3 aromatic carbocycles. The number of para-hydroxylation sites is 1. The van der Waals surface area contributed by atoms with Crippen LogP contribution < -0.4 is 10.0 Å². The number of amides is 1. The highest BCUT2D eigenvalue weighted by Gasteiger charge is 2.23. The molecule has 174 valence electrons. The second kappa shape index (κ2) is 9.82. The first-order valence-electron chi connectivity index (χ1n) is 9.93. The Kier molecular flexibility index (Phi) is 6.85. The van der Waals surface area contributed by atoms with Gasteiger partial charge in [-0.15, -0.1) is 0 Å². The molecule has 11 heteroatoms. The first-order valence-corrected chi connectivity index (χ1v) is 12.2. The van der Waals surface area contributed by atoms with E-state index in [0.29, 0.717) is 15.6 Å². The number of rotatable bonds is 7. The molecule has 0 radical (unpaired) electrons. The quantitative estimate of drug-likeness (QED) is 0.347. The molecule has 4 rings (SSSR count). The van der Waals surface area contributed by atoms with Crippen molar-refractivity contribution >= 4 is 48.6 Å². The standard InChI is InChI=1S/C23H17BrF2N4O3S/c24-15-6-9-17(23(31)29-20(13-25)14-4-7-16(26)8-5-14)19(12-15)30-34(32,33)21-3-1-2-18-22(21)28-11-10-27-18/h1-12,20,30H,13H2,(H,29,31)/t20-/m1/s1. The first-order chi connectivity index (χ1) is 16.3. The Morgan fingerprint density at radius 3 is 2.50 bits per heavy atom. The summed E-state index contributed by atoms with van der Waals surface area (Å²) in [5.74, 6) is -1.20. The summed E-state index contributed by atoms with van der Waals surface area (Å²) in [7, 11) is -4.17. The van der Waals surface area contributed by atoms with E-state index in [1.165, 1.54) is 48.8 Å². The number of hydrogen-bond acceptors (Lipinski definition) is 5. The van der Waals surface area contributed by atoms with Crippen LogP contribution in [0.3, 0.4) is 0 Å². The van der Waals surface area contributed by atoms with Crippen LogP contribution in [0, 0.1) is 5.82 Å². The van der Waals surface area contributed by atoms with Gasteiger partial charge in [-0.05, 0) is 48.0 Å². The molecular weight excluding hydrogens is 530 g/mol. The molecule has 1 amide bonds. The highest BCUT2D eigenvalue weighted by atomic mass is 79.9. The summed E-state index contributed by atoms with van der Waals surface area (Å²) in [6.45, 7) is -0.941. The molecule has 1 heterocycles. The summed E-state index contributed by atoms with van der Waals surface area (Å²) >= 11 is 3.27. The minimum absolute atomic E-state index is 0.0236. The number of carbonyl (C=O) groups excluding carboxylic acids is 1. The molecule has 4 aromatic rings. The van der Waals surface area contributed by atoms with Crippen molar-refractivity contribution in [3.63, 3.8) is 0 Å². The zero-order valence-corrected chi connectivity index (χ0v) is 19.8. The third-order valence-electron chi connectivity index (χ3n) is 4.95. The fraction of sp³-hybridized carbons (Fsp3) is 0.0870. The molecule has 2 N–H and O–H groups in total. The van der Waals surface area contributed by atoms with Crippen LogP contribution in [0.4, 0.5) is 14.5 Å². The van der Waals surface area contributed by atoms with E-state index >= 15 is 0 Å². The van der Waals surface area contributed by atoms with Gasteiger partial charge in [0.1, 0.15) is 22.9 Å². The molecule has 0 saturated heterocycles. The second-order valence-electron chi connectivity index (χ2n) is 7.21. The molecule has 0 aliphatic carbocycles. The maximum Gasteiger partial charge on any atom is 0.264 e. The lowest BCUT2D eigenvalue weighted by molar-refractivity contribution is 0.0930. The number of alkyl halides is 1. The molecular formula is C23H17BrF2N4O3S. The van der Waals surface area contributed by atoms with Gasteiger partial charge in [0.2, 0.25) is 0 Å². The Labute approximate surface area is 202 Å². The van der Waals surface area contributed by atoms with Gasteiger partial charge in [-0.25, -0.2) is 17.2 Å². The molecule has 0 unspecified atom stereocenters. The van der Waals surface area contributed by atoms with Gasteiger partial charge < -0.3 is 5.32 Å². The summed E-state index contributed by atoms with van der Waals surface area (Å²) < 4.78 is 56.3. The highest BCUT2D eigenvalue weighted by Crippen LogP contribution is 2.27. The second-order valence-corrected chi connectivity index (χ2v) is 9.77.